The summed E-state index contributed by atoms with van der Waals surface area (Å²) in [5, 5.41) is 0. The predicted molar refractivity (Wildman–Crippen MR) is 117 cm³/mol. The van der Waals surface area contributed by atoms with Crippen LogP contribution in [-0.4, -0.2) is 67.9 Å². The van der Waals surface area contributed by atoms with Gasteiger partial charge in [-0.2, -0.15) is 0 Å². The molecule has 2 aliphatic carbocycles. The molecule has 4 atom stereocenters. The first-order chi connectivity index (χ1) is 13.8. The highest BCUT2D eigenvalue weighted by Gasteiger charge is 2.39. The second-order valence-corrected chi connectivity index (χ2v) is 10.8. The van der Waals surface area contributed by atoms with E-state index in [2.05, 4.69) is 11.9 Å². The van der Waals surface area contributed by atoms with Crippen LogP contribution in [0.2, 0.25) is 0 Å². The molecule has 5 heteroatoms. The van der Waals surface area contributed by atoms with Crippen molar-refractivity contribution >= 4 is 6.09 Å². The van der Waals surface area contributed by atoms with Crippen LogP contribution in [0.4, 0.5) is 4.79 Å². The number of nitrogens with zero attached hydrogens (tertiary/aromatic N) is 2. The van der Waals surface area contributed by atoms with Gasteiger partial charge in [0.25, 0.3) is 0 Å². The second kappa shape index (κ2) is 10.5. The fraction of sp³-hybridized carbons (Fsp3) is 0.958. The fourth-order valence-electron chi connectivity index (χ4n) is 5.69. The van der Waals surface area contributed by atoms with Crippen molar-refractivity contribution in [3.8, 4) is 0 Å². The minimum absolute atomic E-state index is 0.128. The van der Waals surface area contributed by atoms with Gasteiger partial charge in [-0.15, -0.1) is 0 Å². The first kappa shape index (κ1) is 22.9. The molecule has 0 aromatic heterocycles. The topological polar surface area (TPSA) is 42.0 Å². The van der Waals surface area contributed by atoms with Gasteiger partial charge >= 0.3 is 6.09 Å². The van der Waals surface area contributed by atoms with E-state index in [0.29, 0.717) is 0 Å². The lowest BCUT2D eigenvalue weighted by Gasteiger charge is -2.24. The number of carbonyl (C=O) groups excluding carboxylic acids is 1. The summed E-state index contributed by atoms with van der Waals surface area (Å²) in [5.74, 6) is 3.65. The van der Waals surface area contributed by atoms with Crippen LogP contribution in [0.25, 0.3) is 0 Å². The van der Waals surface area contributed by atoms with Crippen LogP contribution in [0.5, 0.6) is 0 Å². The SMILES string of the molecule is C1CCOC1.CC(C)(C)OC(=O)N1CC2CCC[C@H]2C1.CN1CC2CCC[C@H]2C1. The van der Waals surface area contributed by atoms with Crippen molar-refractivity contribution in [1.82, 2.24) is 9.80 Å². The van der Waals surface area contributed by atoms with Gasteiger partial charge in [-0.05, 0) is 90.0 Å². The average molecular weight is 409 g/mol. The van der Waals surface area contributed by atoms with E-state index in [4.69, 9.17) is 9.47 Å². The predicted octanol–water partition coefficient (Wildman–Crippen LogP) is 4.80. The lowest BCUT2D eigenvalue weighted by atomic mass is 10.0. The minimum Gasteiger partial charge on any atom is -0.444 e. The molecule has 0 aromatic rings. The zero-order valence-corrected chi connectivity index (χ0v) is 19.3. The van der Waals surface area contributed by atoms with E-state index in [-0.39, 0.29) is 11.7 Å². The molecule has 1 amide bonds. The smallest absolute Gasteiger partial charge is 0.410 e. The van der Waals surface area contributed by atoms with Crippen molar-refractivity contribution in [1.29, 1.82) is 0 Å². The third kappa shape index (κ3) is 7.13. The lowest BCUT2D eigenvalue weighted by Crippen LogP contribution is -2.35. The Balaban J connectivity index is 0.000000143. The molecule has 3 aliphatic heterocycles. The number of hydrogen-bond donors (Lipinski definition) is 0. The van der Waals surface area contributed by atoms with Gasteiger partial charge < -0.3 is 19.3 Å². The molecule has 168 valence electrons. The summed E-state index contributed by atoms with van der Waals surface area (Å²) < 4.78 is 10.3. The normalized spacial score (nSPS) is 33.4. The quantitative estimate of drug-likeness (QED) is 0.577. The number of likely N-dealkylation sites (tertiary alicyclic amines) is 2. The van der Waals surface area contributed by atoms with Gasteiger partial charge in [0.1, 0.15) is 5.60 Å². The van der Waals surface area contributed by atoms with Crippen molar-refractivity contribution in [3.05, 3.63) is 0 Å². The van der Waals surface area contributed by atoms with Crippen LogP contribution in [0.3, 0.4) is 0 Å². The highest BCUT2D eigenvalue weighted by Crippen LogP contribution is 2.38. The number of amides is 1. The van der Waals surface area contributed by atoms with Gasteiger partial charge in [0, 0.05) is 39.4 Å². The molecule has 5 nitrogen and oxygen atoms in total. The molecule has 3 saturated heterocycles. The Kier molecular flexibility index (Phi) is 8.26. The van der Waals surface area contributed by atoms with Crippen molar-refractivity contribution < 1.29 is 14.3 Å². The molecule has 0 radical (unpaired) electrons. The third-order valence-electron chi connectivity index (χ3n) is 7.11. The molecular weight excluding hydrogens is 364 g/mol. The first-order valence-electron chi connectivity index (χ1n) is 12.1. The van der Waals surface area contributed by atoms with Crippen molar-refractivity contribution in [2.45, 2.75) is 77.7 Å². The minimum atomic E-state index is -0.366. The molecule has 5 rings (SSSR count). The van der Waals surface area contributed by atoms with Crippen LogP contribution in [0.15, 0.2) is 0 Å². The van der Waals surface area contributed by atoms with E-state index in [1.807, 2.05) is 25.7 Å². The number of fused-ring (bicyclic) bond motifs is 2. The van der Waals surface area contributed by atoms with E-state index in [9.17, 15) is 4.79 Å². The van der Waals surface area contributed by atoms with Gasteiger partial charge in [-0.3, -0.25) is 0 Å². The Bertz CT molecular complexity index is 483. The molecule has 0 spiro atoms. The molecule has 2 saturated carbocycles. The molecule has 0 bridgehead atoms. The largest absolute Gasteiger partial charge is 0.444 e. The van der Waals surface area contributed by atoms with Crippen LogP contribution in [0, 0.1) is 23.7 Å². The van der Waals surface area contributed by atoms with E-state index in [1.54, 1.807) is 0 Å². The number of hydrogen-bond acceptors (Lipinski definition) is 4. The number of carbonyl (C=O) groups is 1. The molecule has 29 heavy (non-hydrogen) atoms. The summed E-state index contributed by atoms with van der Waals surface area (Å²) in [4.78, 5) is 16.2. The molecule has 2 unspecified atom stereocenters. The Morgan fingerprint density at radius 2 is 1.24 bits per heavy atom. The Morgan fingerprint density at radius 3 is 1.62 bits per heavy atom. The van der Waals surface area contributed by atoms with E-state index in [0.717, 1.165) is 50.0 Å². The van der Waals surface area contributed by atoms with Crippen LogP contribution < -0.4 is 0 Å². The highest BCUT2D eigenvalue weighted by molar-refractivity contribution is 5.68. The van der Waals surface area contributed by atoms with E-state index in [1.165, 1.54) is 64.5 Å². The summed E-state index contributed by atoms with van der Waals surface area (Å²) in [6.45, 7) is 12.3. The molecule has 5 fully saturated rings. The summed E-state index contributed by atoms with van der Waals surface area (Å²) in [6.07, 6.45) is 10.9. The Labute approximate surface area is 178 Å². The lowest BCUT2D eigenvalue weighted by molar-refractivity contribution is 0.0280. The molecule has 0 aromatic carbocycles. The van der Waals surface area contributed by atoms with Gasteiger partial charge in [0.2, 0.25) is 0 Å². The van der Waals surface area contributed by atoms with Gasteiger partial charge in [0.15, 0.2) is 0 Å². The zero-order valence-electron chi connectivity index (χ0n) is 19.3. The average Bonchev–Trinajstić information content (AvgIpc) is 3.40. The maximum Gasteiger partial charge on any atom is 0.410 e. The second-order valence-electron chi connectivity index (χ2n) is 10.8. The fourth-order valence-corrected chi connectivity index (χ4v) is 5.69. The molecular formula is C24H44N2O3. The maximum absolute atomic E-state index is 11.8. The summed E-state index contributed by atoms with van der Waals surface area (Å²) in [5.41, 5.74) is -0.366. The van der Waals surface area contributed by atoms with Crippen LogP contribution >= 0.6 is 0 Å². The van der Waals surface area contributed by atoms with Crippen molar-refractivity contribution in [3.63, 3.8) is 0 Å². The molecule has 5 aliphatic rings. The summed E-state index contributed by atoms with van der Waals surface area (Å²) >= 11 is 0. The maximum atomic E-state index is 11.8. The van der Waals surface area contributed by atoms with Crippen molar-refractivity contribution in [2.24, 2.45) is 23.7 Å². The Morgan fingerprint density at radius 1 is 0.793 bits per heavy atom. The van der Waals surface area contributed by atoms with E-state index >= 15 is 0 Å². The highest BCUT2D eigenvalue weighted by atomic mass is 16.6. The van der Waals surface area contributed by atoms with Gasteiger partial charge in [-0.1, -0.05) is 12.8 Å². The van der Waals surface area contributed by atoms with Crippen molar-refractivity contribution in [2.75, 3.05) is 46.4 Å². The van der Waals surface area contributed by atoms with Gasteiger partial charge in [0.05, 0.1) is 0 Å². The molecule has 3 heterocycles. The van der Waals surface area contributed by atoms with E-state index < -0.39 is 0 Å². The summed E-state index contributed by atoms with van der Waals surface area (Å²) in [7, 11) is 2.25. The number of ether oxygens (including phenoxy) is 2. The monoisotopic (exact) mass is 408 g/mol. The van der Waals surface area contributed by atoms with Gasteiger partial charge in [-0.25, -0.2) is 4.79 Å². The standard InChI is InChI=1S/C12H21NO2.C8H15N.C4H8O/c1-12(2,3)15-11(14)13-7-9-5-4-6-10(9)8-13;1-9-5-7-3-2-4-8(7)6-9;1-2-4-5-3-1/h9-10H,4-8H2,1-3H3;7-8H,2-6H2,1H3;1-4H2/t9-,10?;7-,8?;/m00./s1. The van der Waals surface area contributed by atoms with Crippen LogP contribution in [0.1, 0.15) is 72.1 Å². The third-order valence-corrected chi connectivity index (χ3v) is 7.11. The summed E-state index contributed by atoms with van der Waals surface area (Å²) in [6, 6.07) is 0. The Hall–Kier alpha value is -0.810. The van der Waals surface area contributed by atoms with Crippen LogP contribution in [-0.2, 0) is 9.47 Å². The molecule has 0 N–H and O–H groups in total. The number of rotatable bonds is 0. The first-order valence-corrected chi connectivity index (χ1v) is 12.1. The zero-order chi connectivity index (χ0) is 20.9.